The molecule has 0 radical (unpaired) electrons. The van der Waals surface area contributed by atoms with Crippen LogP contribution in [0.3, 0.4) is 0 Å². The number of amides is 3. The average Bonchev–Trinajstić information content (AvgIpc) is 3.07. The van der Waals surface area contributed by atoms with Gasteiger partial charge in [0.05, 0.1) is 11.4 Å². The van der Waals surface area contributed by atoms with Gasteiger partial charge in [-0.3, -0.25) is 14.4 Å². The molecule has 1 aliphatic rings. The smallest absolute Gasteiger partial charge is 0.283 e. The molecule has 1 heterocycles. The molecule has 0 aliphatic carbocycles. The number of benzene rings is 3. The van der Waals surface area contributed by atoms with E-state index in [0.717, 1.165) is 29.7 Å². The minimum atomic E-state index is -0.617. The number of hydrogen-bond acceptors (Lipinski definition) is 5. The van der Waals surface area contributed by atoms with Gasteiger partial charge in [-0.15, -0.1) is 0 Å². The monoisotopic (exact) mass is 489 g/mol. The number of phenolic OH excluding ortho intramolecular Hbond substituents is 1. The average molecular weight is 490 g/mol. The molecule has 1 aliphatic heterocycles. The zero-order chi connectivity index (χ0) is 24.9. The standard InChI is InChI=1S/C27H24ClN3O4/c1-2-3-7-17-12-14-20(15-13-17)31-26(34)23(28)24(27(31)35)29-19-9-6-8-18(16-19)25(33)30-21-10-4-5-11-22(21)32/h4-6,8-16,29,32H,2-3,7H2,1H3,(H,30,33). The van der Waals surface area contributed by atoms with Crippen LogP contribution in [0.1, 0.15) is 35.7 Å². The molecule has 3 aromatic carbocycles. The van der Waals surface area contributed by atoms with Crippen molar-refractivity contribution >= 4 is 46.4 Å². The van der Waals surface area contributed by atoms with E-state index < -0.39 is 17.7 Å². The number of hydrogen-bond donors (Lipinski definition) is 3. The van der Waals surface area contributed by atoms with Gasteiger partial charge < -0.3 is 15.7 Å². The van der Waals surface area contributed by atoms with Crippen molar-refractivity contribution in [2.75, 3.05) is 15.5 Å². The Kier molecular flexibility index (Phi) is 7.17. The summed E-state index contributed by atoms with van der Waals surface area (Å²) in [7, 11) is 0. The van der Waals surface area contributed by atoms with Gasteiger partial charge in [-0.25, -0.2) is 4.90 Å². The molecular weight excluding hydrogens is 466 g/mol. The summed E-state index contributed by atoms with van der Waals surface area (Å²) in [6.45, 7) is 2.12. The molecule has 3 amide bonds. The van der Waals surface area contributed by atoms with Crippen LogP contribution in [-0.2, 0) is 16.0 Å². The summed E-state index contributed by atoms with van der Waals surface area (Å²) < 4.78 is 0. The molecule has 0 bridgehead atoms. The molecule has 0 unspecified atom stereocenters. The molecule has 0 atom stereocenters. The van der Waals surface area contributed by atoms with Crippen molar-refractivity contribution in [3.63, 3.8) is 0 Å². The van der Waals surface area contributed by atoms with Gasteiger partial charge in [-0.2, -0.15) is 0 Å². The van der Waals surface area contributed by atoms with Crippen LogP contribution in [0.2, 0.25) is 0 Å². The lowest BCUT2D eigenvalue weighted by atomic mass is 10.1. The lowest BCUT2D eigenvalue weighted by Gasteiger charge is -2.16. The largest absolute Gasteiger partial charge is 0.506 e. The number of aromatic hydroxyl groups is 1. The Morgan fingerprint density at radius 2 is 1.71 bits per heavy atom. The number of carbonyl (C=O) groups is 3. The lowest BCUT2D eigenvalue weighted by molar-refractivity contribution is -0.120. The zero-order valence-corrected chi connectivity index (χ0v) is 19.8. The normalized spacial score (nSPS) is 13.4. The van der Waals surface area contributed by atoms with Crippen LogP contribution in [0.15, 0.2) is 83.5 Å². The SMILES string of the molecule is CCCCc1ccc(N2C(=O)C(Cl)=C(Nc3cccc(C(=O)Nc4ccccc4O)c3)C2=O)cc1. The van der Waals surface area contributed by atoms with Crippen LogP contribution in [-0.4, -0.2) is 22.8 Å². The molecule has 0 aromatic heterocycles. The van der Waals surface area contributed by atoms with Crippen LogP contribution in [0.5, 0.6) is 5.75 Å². The van der Waals surface area contributed by atoms with Gasteiger partial charge in [0.2, 0.25) is 0 Å². The van der Waals surface area contributed by atoms with Crippen LogP contribution in [0.4, 0.5) is 17.1 Å². The molecule has 0 saturated heterocycles. The van der Waals surface area contributed by atoms with Gasteiger partial charge in [0, 0.05) is 11.3 Å². The molecule has 178 valence electrons. The third-order valence-corrected chi connectivity index (χ3v) is 5.94. The molecule has 35 heavy (non-hydrogen) atoms. The van der Waals surface area contributed by atoms with Crippen LogP contribution in [0, 0.1) is 0 Å². The summed E-state index contributed by atoms with van der Waals surface area (Å²) in [6.07, 6.45) is 3.07. The second-order valence-electron chi connectivity index (χ2n) is 8.08. The maximum absolute atomic E-state index is 13.1. The predicted molar refractivity (Wildman–Crippen MR) is 137 cm³/mol. The number of carbonyl (C=O) groups excluding carboxylic acids is 3. The van der Waals surface area contributed by atoms with E-state index in [1.165, 1.54) is 12.1 Å². The third kappa shape index (κ3) is 5.20. The molecule has 7 nitrogen and oxygen atoms in total. The van der Waals surface area contributed by atoms with E-state index in [9.17, 15) is 19.5 Å². The number of unbranched alkanes of at least 4 members (excludes halogenated alkanes) is 1. The first-order chi connectivity index (χ1) is 16.9. The molecule has 0 fully saturated rings. The van der Waals surface area contributed by atoms with Gasteiger partial charge in [0.25, 0.3) is 17.7 Å². The van der Waals surface area contributed by atoms with Gasteiger partial charge in [-0.1, -0.05) is 55.3 Å². The quantitative estimate of drug-likeness (QED) is 0.290. The van der Waals surface area contributed by atoms with Crippen molar-refractivity contribution < 1.29 is 19.5 Å². The minimum Gasteiger partial charge on any atom is -0.506 e. The van der Waals surface area contributed by atoms with E-state index in [2.05, 4.69) is 17.6 Å². The summed E-state index contributed by atoms with van der Waals surface area (Å²) in [4.78, 5) is 39.5. The predicted octanol–water partition coefficient (Wildman–Crippen LogP) is 5.42. The third-order valence-electron chi connectivity index (χ3n) is 5.59. The van der Waals surface area contributed by atoms with Crippen molar-refractivity contribution in [1.82, 2.24) is 0 Å². The van der Waals surface area contributed by atoms with Crippen molar-refractivity contribution in [2.24, 2.45) is 0 Å². The summed E-state index contributed by atoms with van der Waals surface area (Å²) in [5.74, 6) is -1.70. The van der Waals surface area contributed by atoms with Crippen LogP contribution >= 0.6 is 11.6 Å². The van der Waals surface area contributed by atoms with E-state index in [0.29, 0.717) is 11.4 Å². The first-order valence-electron chi connectivity index (χ1n) is 11.2. The lowest BCUT2D eigenvalue weighted by Crippen LogP contribution is -2.32. The highest BCUT2D eigenvalue weighted by molar-refractivity contribution is 6.53. The molecule has 4 rings (SSSR count). The molecule has 3 N–H and O–H groups in total. The number of halogens is 1. The highest BCUT2D eigenvalue weighted by atomic mass is 35.5. The summed E-state index contributed by atoms with van der Waals surface area (Å²) >= 11 is 6.24. The van der Waals surface area contributed by atoms with Crippen molar-refractivity contribution in [2.45, 2.75) is 26.2 Å². The van der Waals surface area contributed by atoms with Crippen molar-refractivity contribution in [1.29, 1.82) is 0 Å². The Balaban J connectivity index is 1.50. The number of aryl methyl sites for hydroxylation is 1. The van der Waals surface area contributed by atoms with Gasteiger partial charge >= 0.3 is 0 Å². The topological polar surface area (TPSA) is 98.7 Å². The summed E-state index contributed by atoms with van der Waals surface area (Å²) in [6, 6.07) is 20.0. The van der Waals surface area contributed by atoms with E-state index in [1.54, 1.807) is 48.5 Å². The maximum atomic E-state index is 13.1. The Morgan fingerprint density at radius 3 is 2.43 bits per heavy atom. The molecule has 8 heteroatoms. The summed E-state index contributed by atoms with van der Waals surface area (Å²) in [5.41, 5.74) is 2.46. The Bertz CT molecular complexity index is 1320. The van der Waals surface area contributed by atoms with Crippen molar-refractivity contribution in [3.05, 3.63) is 94.7 Å². The van der Waals surface area contributed by atoms with Crippen molar-refractivity contribution in [3.8, 4) is 5.75 Å². The van der Waals surface area contributed by atoms with E-state index >= 15 is 0 Å². The van der Waals surface area contributed by atoms with Gasteiger partial charge in [0.1, 0.15) is 16.5 Å². The molecular formula is C27H24ClN3O4. The van der Waals surface area contributed by atoms with Crippen LogP contribution < -0.4 is 15.5 Å². The molecule has 0 spiro atoms. The maximum Gasteiger partial charge on any atom is 0.283 e. The molecule has 3 aromatic rings. The first kappa shape index (κ1) is 24.0. The Labute approximate surface area is 208 Å². The first-order valence-corrected chi connectivity index (χ1v) is 11.6. The number of imide groups is 1. The van der Waals surface area contributed by atoms with Gasteiger partial charge in [0.15, 0.2) is 0 Å². The number of nitrogens with zero attached hydrogens (tertiary/aromatic N) is 1. The zero-order valence-electron chi connectivity index (χ0n) is 19.0. The number of rotatable bonds is 8. The number of anilines is 3. The van der Waals surface area contributed by atoms with E-state index in [4.69, 9.17) is 11.6 Å². The fraction of sp³-hybridized carbons (Fsp3) is 0.148. The van der Waals surface area contributed by atoms with Gasteiger partial charge in [-0.05, 0) is 60.9 Å². The highest BCUT2D eigenvalue weighted by Crippen LogP contribution is 2.31. The Morgan fingerprint density at radius 1 is 0.971 bits per heavy atom. The number of para-hydroxylation sites is 2. The number of nitrogens with one attached hydrogen (secondary N) is 2. The number of phenols is 1. The molecule has 0 saturated carbocycles. The van der Waals surface area contributed by atoms with E-state index in [1.807, 2.05) is 12.1 Å². The second-order valence-corrected chi connectivity index (χ2v) is 8.46. The second kappa shape index (κ2) is 10.4. The fourth-order valence-corrected chi connectivity index (χ4v) is 3.91. The fourth-order valence-electron chi connectivity index (χ4n) is 3.69. The minimum absolute atomic E-state index is 0.0550. The summed E-state index contributed by atoms with van der Waals surface area (Å²) in [5, 5.41) is 15.2. The van der Waals surface area contributed by atoms with Crippen LogP contribution in [0.25, 0.3) is 0 Å². The Hall–Kier alpha value is -4.10. The van der Waals surface area contributed by atoms with E-state index in [-0.39, 0.29) is 27.7 Å². The highest BCUT2D eigenvalue weighted by Gasteiger charge is 2.39.